The molecule has 0 radical (unpaired) electrons. The molecule has 0 aromatic heterocycles. The second-order valence-corrected chi connectivity index (χ2v) is 22.0. The lowest BCUT2D eigenvalue weighted by molar-refractivity contribution is -0.161. The van der Waals surface area contributed by atoms with Crippen LogP contribution in [0.1, 0.15) is 232 Å². The van der Waals surface area contributed by atoms with E-state index < -0.39 is 32.5 Å². The van der Waals surface area contributed by atoms with Crippen molar-refractivity contribution in [2.75, 3.05) is 26.4 Å². The molecule has 0 saturated heterocycles. The van der Waals surface area contributed by atoms with Crippen molar-refractivity contribution in [3.05, 3.63) is 182 Å². The third-order valence-electron chi connectivity index (χ3n) is 12.8. The molecular weight excluding hydrogens is 1050 g/mol. The molecule has 0 rings (SSSR count). The molecule has 83 heavy (non-hydrogen) atoms. The molecular formula is C73H116NO8P. The summed E-state index contributed by atoms with van der Waals surface area (Å²) >= 11 is 0. The quantitative estimate of drug-likeness (QED) is 0.0264. The van der Waals surface area contributed by atoms with Crippen LogP contribution in [0.5, 0.6) is 0 Å². The van der Waals surface area contributed by atoms with Crippen LogP contribution in [0.4, 0.5) is 0 Å². The number of carbonyl (C=O) groups is 2. The summed E-state index contributed by atoms with van der Waals surface area (Å²) in [5.74, 6) is -0.874. The first-order valence-corrected chi connectivity index (χ1v) is 33.8. The third kappa shape index (κ3) is 66.1. The van der Waals surface area contributed by atoms with Gasteiger partial charge >= 0.3 is 19.8 Å². The normalized spacial score (nSPS) is 14.2. The highest BCUT2D eigenvalue weighted by atomic mass is 31.2. The van der Waals surface area contributed by atoms with E-state index in [9.17, 15) is 19.0 Å². The Morgan fingerprint density at radius 2 is 0.627 bits per heavy atom. The summed E-state index contributed by atoms with van der Waals surface area (Å²) in [6, 6.07) is 0. The van der Waals surface area contributed by atoms with Crippen LogP contribution in [0.15, 0.2) is 182 Å². The number of nitrogens with two attached hydrogens (primary N) is 1. The Kier molecular flexibility index (Phi) is 62.3. The molecule has 9 nitrogen and oxygen atoms in total. The van der Waals surface area contributed by atoms with Crippen LogP contribution in [-0.4, -0.2) is 49.3 Å². The molecule has 0 bridgehead atoms. The van der Waals surface area contributed by atoms with Gasteiger partial charge in [0.25, 0.3) is 0 Å². The van der Waals surface area contributed by atoms with Crippen molar-refractivity contribution in [1.82, 2.24) is 0 Å². The third-order valence-corrected chi connectivity index (χ3v) is 13.8. The number of phosphoric ester groups is 1. The molecule has 0 aliphatic heterocycles. The zero-order valence-electron chi connectivity index (χ0n) is 52.1. The second-order valence-electron chi connectivity index (χ2n) is 20.5. The van der Waals surface area contributed by atoms with Crippen LogP contribution >= 0.6 is 7.82 Å². The molecule has 0 spiro atoms. The SMILES string of the molecule is CC/C=C\C/C=C\C/C=C\C/C=C\C/C=C\C/C=C\C/C=C\C/C=C\CCCCCCC(=O)OC(COC(=O)CCCCCCCCCCCCC/C=C\C/C=C\C/C=C\C/C=C\C/C=C\C/C=C\C/C=C\CC)COP(=O)(O)OCCN. The van der Waals surface area contributed by atoms with E-state index in [0.717, 1.165) is 148 Å². The molecule has 0 saturated carbocycles. The highest BCUT2D eigenvalue weighted by molar-refractivity contribution is 7.47. The van der Waals surface area contributed by atoms with E-state index in [1.54, 1.807) is 0 Å². The van der Waals surface area contributed by atoms with Gasteiger partial charge in [-0.2, -0.15) is 0 Å². The highest BCUT2D eigenvalue weighted by Crippen LogP contribution is 2.43. The van der Waals surface area contributed by atoms with Gasteiger partial charge < -0.3 is 20.1 Å². The van der Waals surface area contributed by atoms with Crippen LogP contribution in [0.3, 0.4) is 0 Å². The Balaban J connectivity index is 4.06. The van der Waals surface area contributed by atoms with Crippen molar-refractivity contribution in [2.45, 2.75) is 238 Å². The number of unbranched alkanes of at least 4 members (excludes halogenated alkanes) is 15. The first-order valence-electron chi connectivity index (χ1n) is 32.3. The molecule has 466 valence electrons. The average Bonchev–Trinajstić information content (AvgIpc) is 3.49. The fourth-order valence-electron chi connectivity index (χ4n) is 8.10. The topological polar surface area (TPSA) is 134 Å². The standard InChI is InChI=1S/C73H116NO8P/c1-3-5-7-9-11-13-15-17-19-21-23-25-27-29-31-33-34-35-36-38-39-41-43-45-47-49-51-53-55-57-59-61-63-65-72(75)79-69-71(70-81-83(77,78)80-68-67-74)82-73(76)66-64-62-60-58-56-54-52-50-48-46-44-42-40-37-32-30-28-26-24-22-20-18-16-14-12-10-8-6-4-2/h5-8,11-14,17-20,23-26,29-32,34-35,38-40,42,46,48,52,54,71H,3-4,9-10,15-16,21-22,27-28,33,36-37,41,43-45,47,49-51,53,55-70,74H2,1-2H3,(H,77,78)/b7-5-,8-6-,13-11-,14-12-,19-17-,20-18-,25-23-,26-24-,31-29-,32-30-,35-34-,39-38-,42-40-,48-46-,54-52-. The minimum absolute atomic E-state index is 0.0384. The summed E-state index contributed by atoms with van der Waals surface area (Å²) in [5.41, 5.74) is 5.39. The molecule has 2 atom stereocenters. The van der Waals surface area contributed by atoms with E-state index in [2.05, 4.69) is 196 Å². The fraction of sp³-hybridized carbons (Fsp3) is 0.562. The van der Waals surface area contributed by atoms with Crippen molar-refractivity contribution in [3.63, 3.8) is 0 Å². The van der Waals surface area contributed by atoms with Gasteiger partial charge in [-0.15, -0.1) is 0 Å². The lowest BCUT2D eigenvalue weighted by Gasteiger charge is -2.19. The first-order chi connectivity index (χ1) is 40.8. The van der Waals surface area contributed by atoms with E-state index >= 15 is 0 Å². The van der Waals surface area contributed by atoms with Crippen molar-refractivity contribution >= 4 is 19.8 Å². The number of hydrogen-bond acceptors (Lipinski definition) is 8. The van der Waals surface area contributed by atoms with Gasteiger partial charge in [0.1, 0.15) is 6.61 Å². The van der Waals surface area contributed by atoms with Crippen LogP contribution in [0.25, 0.3) is 0 Å². The van der Waals surface area contributed by atoms with Crippen LogP contribution in [0.2, 0.25) is 0 Å². The lowest BCUT2D eigenvalue weighted by Crippen LogP contribution is -2.29. The van der Waals surface area contributed by atoms with Gasteiger partial charge in [0, 0.05) is 19.4 Å². The Morgan fingerprint density at radius 1 is 0.361 bits per heavy atom. The zero-order chi connectivity index (χ0) is 60.1. The summed E-state index contributed by atoms with van der Waals surface area (Å²) in [7, 11) is -4.41. The smallest absolute Gasteiger partial charge is 0.462 e. The largest absolute Gasteiger partial charge is 0.472 e. The summed E-state index contributed by atoms with van der Waals surface area (Å²) in [5, 5.41) is 0. The number of ether oxygens (including phenoxy) is 2. The Labute approximate surface area is 507 Å². The van der Waals surface area contributed by atoms with Gasteiger partial charge in [0.2, 0.25) is 0 Å². The van der Waals surface area contributed by atoms with E-state index in [0.29, 0.717) is 12.8 Å². The van der Waals surface area contributed by atoms with Gasteiger partial charge in [0.15, 0.2) is 6.10 Å². The number of allylic oxidation sites excluding steroid dienone is 30. The van der Waals surface area contributed by atoms with Gasteiger partial charge in [0.05, 0.1) is 13.2 Å². The number of phosphoric acid groups is 1. The minimum Gasteiger partial charge on any atom is -0.462 e. The first kappa shape index (κ1) is 78.1. The van der Waals surface area contributed by atoms with Gasteiger partial charge in [-0.05, 0) is 135 Å². The van der Waals surface area contributed by atoms with Crippen molar-refractivity contribution < 1.29 is 37.6 Å². The fourth-order valence-corrected chi connectivity index (χ4v) is 8.87. The maximum absolute atomic E-state index is 12.7. The molecule has 10 heteroatoms. The molecule has 0 aliphatic carbocycles. The Bertz CT molecular complexity index is 2010. The number of rotatable bonds is 58. The van der Waals surface area contributed by atoms with E-state index in [1.807, 2.05) is 0 Å². The maximum Gasteiger partial charge on any atom is 0.472 e. The van der Waals surface area contributed by atoms with Gasteiger partial charge in [-0.25, -0.2) is 4.57 Å². The maximum atomic E-state index is 12.7. The molecule has 0 aliphatic rings. The van der Waals surface area contributed by atoms with E-state index in [-0.39, 0.29) is 32.6 Å². The number of esters is 2. The molecule has 0 aromatic carbocycles. The predicted molar refractivity (Wildman–Crippen MR) is 357 cm³/mol. The highest BCUT2D eigenvalue weighted by Gasteiger charge is 2.26. The molecule has 0 heterocycles. The predicted octanol–water partition coefficient (Wildman–Crippen LogP) is 21.2. The van der Waals surface area contributed by atoms with Crippen LogP contribution in [0, 0.1) is 0 Å². The van der Waals surface area contributed by atoms with Crippen molar-refractivity contribution in [1.29, 1.82) is 0 Å². The number of hydrogen-bond donors (Lipinski definition) is 2. The van der Waals surface area contributed by atoms with Crippen LogP contribution < -0.4 is 5.73 Å². The zero-order valence-corrected chi connectivity index (χ0v) is 53.0. The molecule has 0 fully saturated rings. The Hall–Kier alpha value is -4.89. The van der Waals surface area contributed by atoms with E-state index in [4.69, 9.17) is 24.3 Å². The molecule has 2 unspecified atom stereocenters. The molecule has 0 amide bonds. The van der Waals surface area contributed by atoms with Gasteiger partial charge in [-0.1, -0.05) is 267 Å². The lowest BCUT2D eigenvalue weighted by atomic mass is 10.0. The van der Waals surface area contributed by atoms with Crippen molar-refractivity contribution in [2.24, 2.45) is 5.73 Å². The Morgan fingerprint density at radius 3 is 0.928 bits per heavy atom. The number of carbonyl (C=O) groups excluding carboxylic acids is 2. The summed E-state index contributed by atoms with van der Waals surface area (Å²) in [6.45, 7) is 3.46. The average molecular weight is 1170 g/mol. The second kappa shape index (κ2) is 66.3. The summed E-state index contributed by atoms with van der Waals surface area (Å²) in [6.07, 6.45) is 99.5. The summed E-state index contributed by atoms with van der Waals surface area (Å²) in [4.78, 5) is 35.3. The monoisotopic (exact) mass is 1170 g/mol. The molecule has 3 N–H and O–H groups in total. The van der Waals surface area contributed by atoms with Crippen LogP contribution in [-0.2, 0) is 32.7 Å². The summed E-state index contributed by atoms with van der Waals surface area (Å²) < 4.78 is 33.1. The minimum atomic E-state index is -4.41. The van der Waals surface area contributed by atoms with Crippen molar-refractivity contribution in [3.8, 4) is 0 Å². The van der Waals surface area contributed by atoms with E-state index in [1.165, 1.54) is 44.9 Å². The molecule has 0 aromatic rings. The van der Waals surface area contributed by atoms with Gasteiger partial charge in [-0.3, -0.25) is 18.6 Å².